The van der Waals surface area contributed by atoms with Crippen LogP contribution in [-0.4, -0.2) is 17.0 Å². The molecule has 0 radical (unpaired) electrons. The minimum atomic E-state index is 0.0444. The molecule has 0 aromatic heterocycles. The molecule has 0 unspecified atom stereocenters. The van der Waals surface area contributed by atoms with Gasteiger partial charge in [-0.1, -0.05) is 19.4 Å². The Morgan fingerprint density at radius 2 is 2.00 bits per heavy atom. The molecule has 0 aromatic rings. The van der Waals surface area contributed by atoms with E-state index in [9.17, 15) is 4.79 Å². The zero-order valence-electron chi connectivity index (χ0n) is 11.3. The second-order valence-corrected chi connectivity index (χ2v) is 6.94. The van der Waals surface area contributed by atoms with Crippen LogP contribution in [0.25, 0.3) is 0 Å². The summed E-state index contributed by atoms with van der Waals surface area (Å²) in [7, 11) is 0. The fourth-order valence-electron chi connectivity index (χ4n) is 3.99. The van der Waals surface area contributed by atoms with Crippen LogP contribution in [0, 0.1) is 11.3 Å². The third kappa shape index (κ3) is 1.40. The van der Waals surface area contributed by atoms with Crippen LogP contribution >= 0.6 is 0 Å². The number of carbonyl (C=O) groups excluding carboxylic acids is 1. The number of epoxide rings is 1. The molecule has 1 aliphatic heterocycles. The Morgan fingerprint density at radius 3 is 2.59 bits per heavy atom. The number of rotatable bonds is 0. The van der Waals surface area contributed by atoms with E-state index in [2.05, 4.69) is 27.7 Å². The first-order chi connectivity index (χ1) is 7.79. The van der Waals surface area contributed by atoms with Crippen molar-refractivity contribution in [3.05, 3.63) is 11.6 Å². The molecular weight excluding hydrogens is 212 g/mol. The summed E-state index contributed by atoms with van der Waals surface area (Å²) in [5.41, 5.74) is 1.69. The Labute approximate surface area is 103 Å². The van der Waals surface area contributed by atoms with E-state index >= 15 is 0 Å². The highest BCUT2D eigenvalue weighted by Gasteiger charge is 2.67. The van der Waals surface area contributed by atoms with Crippen molar-refractivity contribution in [2.75, 3.05) is 0 Å². The molecule has 2 heteroatoms. The fraction of sp³-hybridized carbons (Fsp3) is 0.800. The highest BCUT2D eigenvalue weighted by Crippen LogP contribution is 2.64. The molecule has 0 bridgehead atoms. The largest absolute Gasteiger partial charge is 0.363 e. The predicted octanol–water partition coefficient (Wildman–Crippen LogP) is 3.26. The molecule has 1 saturated carbocycles. The summed E-state index contributed by atoms with van der Waals surface area (Å²) in [6.07, 6.45) is 5.84. The molecule has 2 fully saturated rings. The molecule has 0 N–H and O–H groups in total. The van der Waals surface area contributed by atoms with Crippen molar-refractivity contribution in [1.29, 1.82) is 0 Å². The average Bonchev–Trinajstić information content (AvgIpc) is 2.71. The molecule has 1 heterocycles. The van der Waals surface area contributed by atoms with Gasteiger partial charge in [-0.25, -0.2) is 0 Å². The number of ether oxygens (including phenoxy) is 1. The van der Waals surface area contributed by atoms with E-state index in [1.54, 1.807) is 0 Å². The van der Waals surface area contributed by atoms with E-state index in [0.29, 0.717) is 18.1 Å². The molecule has 17 heavy (non-hydrogen) atoms. The highest BCUT2D eigenvalue weighted by molar-refractivity contribution is 5.92. The summed E-state index contributed by atoms with van der Waals surface area (Å²) in [6, 6.07) is 0. The van der Waals surface area contributed by atoms with Gasteiger partial charge in [-0.15, -0.1) is 0 Å². The molecule has 2 nitrogen and oxygen atoms in total. The molecule has 0 amide bonds. The van der Waals surface area contributed by atoms with Crippen molar-refractivity contribution < 1.29 is 9.53 Å². The van der Waals surface area contributed by atoms with Crippen molar-refractivity contribution in [3.63, 3.8) is 0 Å². The first kappa shape index (κ1) is 11.5. The molecule has 1 saturated heterocycles. The number of hydrogen-bond donors (Lipinski definition) is 0. The van der Waals surface area contributed by atoms with E-state index in [-0.39, 0.29) is 16.6 Å². The van der Waals surface area contributed by atoms with Gasteiger partial charge in [0, 0.05) is 6.42 Å². The summed E-state index contributed by atoms with van der Waals surface area (Å²) < 4.78 is 6.01. The second-order valence-electron chi connectivity index (χ2n) is 6.94. The number of fused-ring (bicyclic) bond motifs is 1. The van der Waals surface area contributed by atoms with Crippen LogP contribution in [0.5, 0.6) is 0 Å². The summed E-state index contributed by atoms with van der Waals surface area (Å²) in [5.74, 6) is 0.768. The van der Waals surface area contributed by atoms with Crippen molar-refractivity contribution in [2.45, 2.75) is 64.6 Å². The Hall–Kier alpha value is -0.630. The first-order valence-electron chi connectivity index (χ1n) is 6.73. The molecule has 0 aromatic carbocycles. The van der Waals surface area contributed by atoms with Crippen LogP contribution in [-0.2, 0) is 9.53 Å². The van der Waals surface area contributed by atoms with E-state index in [1.165, 1.54) is 5.57 Å². The third-order valence-corrected chi connectivity index (χ3v) is 5.62. The minimum Gasteiger partial charge on any atom is -0.363 e. The van der Waals surface area contributed by atoms with Crippen LogP contribution in [0.1, 0.15) is 53.4 Å². The number of ketones is 1. The summed E-state index contributed by atoms with van der Waals surface area (Å²) >= 11 is 0. The van der Waals surface area contributed by atoms with E-state index in [0.717, 1.165) is 19.3 Å². The standard InChI is InChI=1S/C15H22O2/c1-10-7-12(16)8-11-5-6-15(9-14(10,11)4)13(2,3)17-15/h8,10H,5-7,9H2,1-4H3/t10-,14+,15-/m0/s1. The number of hydrogen-bond acceptors (Lipinski definition) is 2. The van der Waals surface area contributed by atoms with E-state index in [4.69, 9.17) is 4.74 Å². The van der Waals surface area contributed by atoms with Gasteiger partial charge < -0.3 is 4.74 Å². The van der Waals surface area contributed by atoms with Gasteiger partial charge in [-0.3, -0.25) is 4.79 Å². The molecular formula is C15H22O2. The lowest BCUT2D eigenvalue weighted by molar-refractivity contribution is -0.117. The average molecular weight is 234 g/mol. The quantitative estimate of drug-likeness (QED) is 0.602. The van der Waals surface area contributed by atoms with Crippen molar-refractivity contribution >= 4 is 5.78 Å². The molecule has 2 aliphatic carbocycles. The third-order valence-electron chi connectivity index (χ3n) is 5.62. The molecule has 3 aliphatic rings. The first-order valence-corrected chi connectivity index (χ1v) is 6.73. The Kier molecular flexibility index (Phi) is 2.04. The lowest BCUT2D eigenvalue weighted by Crippen LogP contribution is -2.43. The second kappa shape index (κ2) is 3.03. The SMILES string of the molecule is C[C@H]1CC(=O)C=C2CC[C@@]3(C[C@@]21C)OC3(C)C. The maximum atomic E-state index is 11.7. The Balaban J connectivity index is 1.95. The maximum absolute atomic E-state index is 11.7. The highest BCUT2D eigenvalue weighted by atomic mass is 16.6. The number of carbonyl (C=O) groups is 1. The minimum absolute atomic E-state index is 0.0444. The van der Waals surface area contributed by atoms with Crippen LogP contribution in [0.3, 0.4) is 0 Å². The van der Waals surface area contributed by atoms with Crippen molar-refractivity contribution in [2.24, 2.45) is 11.3 Å². The van der Waals surface area contributed by atoms with Gasteiger partial charge >= 0.3 is 0 Å². The van der Waals surface area contributed by atoms with Crippen molar-refractivity contribution in [3.8, 4) is 0 Å². The predicted molar refractivity (Wildman–Crippen MR) is 66.7 cm³/mol. The van der Waals surface area contributed by atoms with Crippen molar-refractivity contribution in [1.82, 2.24) is 0 Å². The van der Waals surface area contributed by atoms with Gasteiger partial charge in [-0.2, -0.15) is 0 Å². The van der Waals surface area contributed by atoms with Crippen LogP contribution in [0.4, 0.5) is 0 Å². The van der Waals surface area contributed by atoms with Gasteiger partial charge in [0.05, 0.1) is 11.2 Å². The summed E-state index contributed by atoms with van der Waals surface area (Å²) in [4.78, 5) is 11.7. The number of allylic oxidation sites excluding steroid dienone is 2. The monoisotopic (exact) mass is 234 g/mol. The summed E-state index contributed by atoms with van der Waals surface area (Å²) in [6.45, 7) is 8.95. The van der Waals surface area contributed by atoms with Gasteiger partial charge in [0.1, 0.15) is 0 Å². The smallest absolute Gasteiger partial charge is 0.155 e. The van der Waals surface area contributed by atoms with Crippen LogP contribution in [0.15, 0.2) is 11.6 Å². The normalized spacial score (nSPS) is 47.6. The molecule has 3 atom stereocenters. The Bertz CT molecular complexity index is 421. The molecule has 1 spiro atoms. The fourth-order valence-corrected chi connectivity index (χ4v) is 3.99. The van der Waals surface area contributed by atoms with Gasteiger partial charge in [0.15, 0.2) is 5.78 Å². The zero-order chi connectivity index (χ0) is 12.5. The molecule has 3 rings (SSSR count). The lowest BCUT2D eigenvalue weighted by atomic mass is 9.57. The van der Waals surface area contributed by atoms with Gasteiger partial charge in [-0.05, 0) is 50.5 Å². The topological polar surface area (TPSA) is 29.6 Å². The van der Waals surface area contributed by atoms with Gasteiger partial charge in [0.25, 0.3) is 0 Å². The van der Waals surface area contributed by atoms with Crippen LogP contribution in [0.2, 0.25) is 0 Å². The van der Waals surface area contributed by atoms with E-state index in [1.807, 2.05) is 6.08 Å². The van der Waals surface area contributed by atoms with E-state index < -0.39 is 0 Å². The maximum Gasteiger partial charge on any atom is 0.155 e. The summed E-state index contributed by atoms with van der Waals surface area (Å²) in [5, 5.41) is 0. The lowest BCUT2D eigenvalue weighted by Gasteiger charge is -2.46. The van der Waals surface area contributed by atoms with Gasteiger partial charge in [0.2, 0.25) is 0 Å². The Morgan fingerprint density at radius 1 is 1.35 bits per heavy atom. The zero-order valence-corrected chi connectivity index (χ0v) is 11.3. The molecule has 94 valence electrons. The van der Waals surface area contributed by atoms with Crippen LogP contribution < -0.4 is 0 Å².